The maximum atomic E-state index is 9.17. The van der Waals surface area contributed by atoms with E-state index < -0.39 is 0 Å². The SMILES string of the molecule is CCN(C)c1nn(-c2ccccn2)c(N)c1C#N. The zero-order chi connectivity index (χ0) is 13.1. The predicted molar refractivity (Wildman–Crippen MR) is 69.4 cm³/mol. The van der Waals surface area contributed by atoms with Crippen molar-refractivity contribution in [2.45, 2.75) is 6.92 Å². The molecule has 6 heteroatoms. The molecule has 0 saturated heterocycles. The van der Waals surface area contributed by atoms with Crippen molar-refractivity contribution in [1.29, 1.82) is 5.26 Å². The predicted octanol–water partition coefficient (Wildman–Crippen LogP) is 1.18. The first-order chi connectivity index (χ1) is 8.69. The second-order valence-corrected chi connectivity index (χ2v) is 3.81. The van der Waals surface area contributed by atoms with Gasteiger partial charge in [-0.25, -0.2) is 4.98 Å². The molecule has 6 nitrogen and oxygen atoms in total. The molecule has 0 fully saturated rings. The number of pyridine rings is 1. The summed E-state index contributed by atoms with van der Waals surface area (Å²) in [5, 5.41) is 13.5. The van der Waals surface area contributed by atoms with Gasteiger partial charge < -0.3 is 10.6 Å². The number of nitrogens with zero attached hydrogens (tertiary/aromatic N) is 5. The summed E-state index contributed by atoms with van der Waals surface area (Å²) < 4.78 is 1.49. The molecule has 0 aliphatic heterocycles. The Labute approximate surface area is 105 Å². The smallest absolute Gasteiger partial charge is 0.171 e. The Balaban J connectivity index is 2.58. The van der Waals surface area contributed by atoms with E-state index in [1.807, 2.05) is 31.0 Å². The Kier molecular flexibility index (Phi) is 3.15. The van der Waals surface area contributed by atoms with Crippen LogP contribution in [0.25, 0.3) is 5.82 Å². The fourth-order valence-corrected chi connectivity index (χ4v) is 1.60. The third-order valence-corrected chi connectivity index (χ3v) is 2.72. The first kappa shape index (κ1) is 11.9. The minimum Gasteiger partial charge on any atom is -0.382 e. The highest BCUT2D eigenvalue weighted by Crippen LogP contribution is 2.25. The zero-order valence-electron chi connectivity index (χ0n) is 10.3. The van der Waals surface area contributed by atoms with E-state index in [1.54, 1.807) is 12.3 Å². The van der Waals surface area contributed by atoms with Gasteiger partial charge in [0.05, 0.1) is 0 Å². The number of aromatic nitrogens is 3. The molecule has 0 aromatic carbocycles. The molecule has 0 atom stereocenters. The third kappa shape index (κ3) is 1.86. The highest BCUT2D eigenvalue weighted by Gasteiger charge is 2.19. The van der Waals surface area contributed by atoms with Crippen LogP contribution in [0, 0.1) is 11.3 Å². The van der Waals surface area contributed by atoms with Crippen LogP contribution in [-0.4, -0.2) is 28.4 Å². The molecule has 2 heterocycles. The van der Waals surface area contributed by atoms with Crippen LogP contribution >= 0.6 is 0 Å². The monoisotopic (exact) mass is 242 g/mol. The number of nitriles is 1. The number of hydrogen-bond donors (Lipinski definition) is 1. The van der Waals surface area contributed by atoms with Gasteiger partial charge in [-0.15, -0.1) is 5.10 Å². The number of nitrogens with two attached hydrogens (primary N) is 1. The van der Waals surface area contributed by atoms with Crippen molar-refractivity contribution in [3.8, 4) is 11.9 Å². The summed E-state index contributed by atoms with van der Waals surface area (Å²) in [6, 6.07) is 7.54. The number of rotatable bonds is 3. The summed E-state index contributed by atoms with van der Waals surface area (Å²) in [7, 11) is 1.87. The molecule has 2 aromatic heterocycles. The first-order valence-corrected chi connectivity index (χ1v) is 5.60. The molecule has 0 spiro atoms. The fourth-order valence-electron chi connectivity index (χ4n) is 1.60. The van der Waals surface area contributed by atoms with Gasteiger partial charge in [-0.05, 0) is 19.1 Å². The second kappa shape index (κ2) is 4.75. The van der Waals surface area contributed by atoms with Crippen molar-refractivity contribution in [2.75, 3.05) is 24.2 Å². The average molecular weight is 242 g/mol. The summed E-state index contributed by atoms with van der Waals surface area (Å²) in [6.07, 6.45) is 1.66. The normalized spacial score (nSPS) is 10.1. The Hall–Kier alpha value is -2.55. The fraction of sp³-hybridized carbons (Fsp3) is 0.250. The summed E-state index contributed by atoms with van der Waals surface area (Å²) in [6.45, 7) is 2.73. The molecule has 2 aromatic rings. The van der Waals surface area contributed by atoms with Crippen LogP contribution in [-0.2, 0) is 0 Å². The molecular weight excluding hydrogens is 228 g/mol. The van der Waals surface area contributed by atoms with Gasteiger partial charge in [-0.1, -0.05) is 6.07 Å². The molecule has 0 saturated carbocycles. The van der Waals surface area contributed by atoms with E-state index in [4.69, 9.17) is 5.73 Å². The lowest BCUT2D eigenvalue weighted by Gasteiger charge is -2.12. The largest absolute Gasteiger partial charge is 0.382 e. The topological polar surface area (TPSA) is 83.8 Å². The molecular formula is C12H14N6. The minimum absolute atomic E-state index is 0.312. The van der Waals surface area contributed by atoms with Gasteiger partial charge in [-0.3, -0.25) is 0 Å². The van der Waals surface area contributed by atoms with Crippen molar-refractivity contribution in [3.63, 3.8) is 0 Å². The second-order valence-electron chi connectivity index (χ2n) is 3.81. The Morgan fingerprint density at radius 2 is 2.28 bits per heavy atom. The quantitative estimate of drug-likeness (QED) is 0.873. The standard InChI is InChI=1S/C12H14N6/c1-3-17(2)12-9(8-13)11(14)18(16-12)10-6-4-5-7-15-10/h4-7H,3,14H2,1-2H3. The zero-order valence-corrected chi connectivity index (χ0v) is 10.3. The highest BCUT2D eigenvalue weighted by atomic mass is 15.4. The molecule has 0 radical (unpaired) electrons. The van der Waals surface area contributed by atoms with E-state index in [0.29, 0.717) is 23.0 Å². The van der Waals surface area contributed by atoms with Crippen LogP contribution in [0.1, 0.15) is 12.5 Å². The van der Waals surface area contributed by atoms with Crippen LogP contribution in [0.2, 0.25) is 0 Å². The van der Waals surface area contributed by atoms with Crippen molar-refractivity contribution >= 4 is 11.6 Å². The van der Waals surface area contributed by atoms with E-state index in [-0.39, 0.29) is 0 Å². The molecule has 0 bridgehead atoms. The number of hydrogen-bond acceptors (Lipinski definition) is 5. The Morgan fingerprint density at radius 3 is 2.83 bits per heavy atom. The minimum atomic E-state index is 0.312. The van der Waals surface area contributed by atoms with Gasteiger partial charge in [0.15, 0.2) is 11.6 Å². The summed E-state index contributed by atoms with van der Waals surface area (Å²) in [4.78, 5) is 6.05. The van der Waals surface area contributed by atoms with E-state index in [2.05, 4.69) is 16.2 Å². The summed E-state index contributed by atoms with van der Waals surface area (Å²) in [5.41, 5.74) is 6.33. The van der Waals surface area contributed by atoms with E-state index in [1.165, 1.54) is 4.68 Å². The van der Waals surface area contributed by atoms with Crippen LogP contribution < -0.4 is 10.6 Å². The van der Waals surface area contributed by atoms with Gasteiger partial charge in [0.2, 0.25) is 0 Å². The molecule has 2 N–H and O–H groups in total. The van der Waals surface area contributed by atoms with Gasteiger partial charge >= 0.3 is 0 Å². The first-order valence-electron chi connectivity index (χ1n) is 5.60. The third-order valence-electron chi connectivity index (χ3n) is 2.72. The lowest BCUT2D eigenvalue weighted by Crippen LogP contribution is -2.17. The van der Waals surface area contributed by atoms with Crippen LogP contribution in [0.15, 0.2) is 24.4 Å². The summed E-state index contributed by atoms with van der Waals surface area (Å²) in [5.74, 6) is 1.48. The van der Waals surface area contributed by atoms with Gasteiger partial charge in [0, 0.05) is 19.8 Å². The molecule has 2 rings (SSSR count). The summed E-state index contributed by atoms with van der Waals surface area (Å²) >= 11 is 0. The van der Waals surface area contributed by atoms with Crippen LogP contribution in [0.5, 0.6) is 0 Å². The van der Waals surface area contributed by atoms with Crippen LogP contribution in [0.3, 0.4) is 0 Å². The number of anilines is 2. The van der Waals surface area contributed by atoms with Crippen molar-refractivity contribution < 1.29 is 0 Å². The lowest BCUT2D eigenvalue weighted by atomic mass is 10.3. The molecule has 0 amide bonds. The molecule has 0 unspecified atom stereocenters. The Morgan fingerprint density at radius 1 is 1.50 bits per heavy atom. The van der Waals surface area contributed by atoms with Crippen molar-refractivity contribution in [1.82, 2.24) is 14.8 Å². The van der Waals surface area contributed by atoms with Crippen molar-refractivity contribution in [3.05, 3.63) is 30.0 Å². The highest BCUT2D eigenvalue weighted by molar-refractivity contribution is 5.66. The van der Waals surface area contributed by atoms with Gasteiger partial charge in [-0.2, -0.15) is 9.94 Å². The lowest BCUT2D eigenvalue weighted by molar-refractivity contribution is 0.830. The molecule has 18 heavy (non-hydrogen) atoms. The maximum absolute atomic E-state index is 9.17. The van der Waals surface area contributed by atoms with E-state index >= 15 is 0 Å². The Bertz CT molecular complexity index is 581. The average Bonchev–Trinajstić information content (AvgIpc) is 2.75. The number of nitrogen functional groups attached to an aromatic ring is 1. The molecule has 0 aliphatic carbocycles. The van der Waals surface area contributed by atoms with E-state index in [0.717, 1.165) is 6.54 Å². The van der Waals surface area contributed by atoms with E-state index in [9.17, 15) is 5.26 Å². The maximum Gasteiger partial charge on any atom is 0.171 e. The van der Waals surface area contributed by atoms with Crippen LogP contribution in [0.4, 0.5) is 11.6 Å². The molecule has 0 aliphatic rings. The molecule has 92 valence electrons. The van der Waals surface area contributed by atoms with Gasteiger partial charge in [0.25, 0.3) is 0 Å². The van der Waals surface area contributed by atoms with Crippen molar-refractivity contribution in [2.24, 2.45) is 0 Å². The van der Waals surface area contributed by atoms with Gasteiger partial charge in [0.1, 0.15) is 17.5 Å².